The highest BCUT2D eigenvalue weighted by molar-refractivity contribution is 7.92. The van der Waals surface area contributed by atoms with Gasteiger partial charge < -0.3 is 10.2 Å². The van der Waals surface area contributed by atoms with Crippen LogP contribution in [0, 0.1) is 5.82 Å². The molecule has 1 atom stereocenters. The molecule has 0 saturated heterocycles. The Bertz CT molecular complexity index is 1190. The van der Waals surface area contributed by atoms with Gasteiger partial charge in [-0.1, -0.05) is 61.7 Å². The first kappa shape index (κ1) is 28.9. The highest BCUT2D eigenvalue weighted by atomic mass is 35.5. The van der Waals surface area contributed by atoms with Gasteiger partial charge in [0.25, 0.3) is 0 Å². The van der Waals surface area contributed by atoms with Crippen molar-refractivity contribution in [3.05, 3.63) is 64.9 Å². The highest BCUT2D eigenvalue weighted by Gasteiger charge is 2.31. The van der Waals surface area contributed by atoms with Crippen molar-refractivity contribution in [1.82, 2.24) is 10.2 Å². The molecule has 1 aliphatic carbocycles. The van der Waals surface area contributed by atoms with E-state index in [1.807, 2.05) is 19.1 Å². The summed E-state index contributed by atoms with van der Waals surface area (Å²) in [7, 11) is -3.77. The smallest absolute Gasteiger partial charge is 0.243 e. The molecule has 7 nitrogen and oxygen atoms in total. The summed E-state index contributed by atoms with van der Waals surface area (Å²) >= 11 is 6.37. The number of carbonyl (C=O) groups is 2. The van der Waals surface area contributed by atoms with E-state index in [4.69, 9.17) is 11.6 Å². The number of nitrogens with one attached hydrogen (secondary N) is 1. The van der Waals surface area contributed by atoms with E-state index in [0.29, 0.717) is 17.0 Å². The van der Waals surface area contributed by atoms with Crippen LogP contribution in [0.5, 0.6) is 0 Å². The van der Waals surface area contributed by atoms with Crippen molar-refractivity contribution in [3.8, 4) is 0 Å². The molecule has 10 heteroatoms. The van der Waals surface area contributed by atoms with Gasteiger partial charge in [0, 0.05) is 30.6 Å². The quantitative estimate of drug-likeness (QED) is 0.407. The largest absolute Gasteiger partial charge is 0.352 e. The van der Waals surface area contributed by atoms with Crippen molar-refractivity contribution in [2.24, 2.45) is 0 Å². The molecule has 0 unspecified atom stereocenters. The minimum Gasteiger partial charge on any atom is -0.352 e. The minimum absolute atomic E-state index is 0.0157. The topological polar surface area (TPSA) is 86.8 Å². The third kappa shape index (κ3) is 7.92. The van der Waals surface area contributed by atoms with Crippen molar-refractivity contribution < 1.29 is 22.4 Å². The number of hydrogen-bond acceptors (Lipinski definition) is 4. The van der Waals surface area contributed by atoms with E-state index in [1.54, 1.807) is 18.2 Å². The maximum atomic E-state index is 14.3. The number of amides is 2. The summed E-state index contributed by atoms with van der Waals surface area (Å²) in [6.45, 7) is 1.93. The number of carbonyl (C=O) groups excluding carboxylic acids is 2. The van der Waals surface area contributed by atoms with E-state index < -0.39 is 21.9 Å². The Morgan fingerprint density at radius 3 is 2.38 bits per heavy atom. The molecule has 2 aromatic carbocycles. The molecule has 37 heavy (non-hydrogen) atoms. The van der Waals surface area contributed by atoms with Crippen LogP contribution in [0.1, 0.15) is 57.4 Å². The lowest BCUT2D eigenvalue weighted by Gasteiger charge is -2.32. The van der Waals surface area contributed by atoms with E-state index in [2.05, 4.69) is 5.32 Å². The summed E-state index contributed by atoms with van der Waals surface area (Å²) in [5.74, 6) is -1.15. The van der Waals surface area contributed by atoms with Gasteiger partial charge in [-0.3, -0.25) is 13.9 Å². The molecule has 1 saturated carbocycles. The molecule has 0 bridgehead atoms. The molecule has 0 aliphatic heterocycles. The summed E-state index contributed by atoms with van der Waals surface area (Å²) in [6, 6.07) is 12.2. The second kappa shape index (κ2) is 13.2. The normalized spacial score (nSPS) is 14.8. The van der Waals surface area contributed by atoms with Crippen LogP contribution in [0.4, 0.5) is 10.1 Å². The van der Waals surface area contributed by atoms with Crippen LogP contribution in [0.3, 0.4) is 0 Å². The Hall–Kier alpha value is -2.65. The number of benzene rings is 2. The maximum absolute atomic E-state index is 14.3. The Balaban J connectivity index is 1.77. The number of nitrogens with zero attached hydrogens (tertiary/aromatic N) is 2. The van der Waals surface area contributed by atoms with E-state index in [0.717, 1.165) is 36.2 Å². The van der Waals surface area contributed by atoms with E-state index in [1.165, 1.54) is 23.1 Å². The third-order valence-corrected chi connectivity index (χ3v) is 8.21. The Labute approximate surface area is 224 Å². The first-order chi connectivity index (χ1) is 17.6. The number of halogens is 2. The summed E-state index contributed by atoms with van der Waals surface area (Å²) in [6.07, 6.45) is 5.56. The maximum Gasteiger partial charge on any atom is 0.243 e. The lowest BCUT2D eigenvalue weighted by molar-refractivity contribution is -0.141. The fraction of sp³-hybridized carbons (Fsp3) is 0.481. The van der Waals surface area contributed by atoms with Crippen LogP contribution in [0.25, 0.3) is 0 Å². The van der Waals surface area contributed by atoms with Gasteiger partial charge in [0.1, 0.15) is 11.9 Å². The SMILES string of the molecule is CC[C@@H](C(=O)NC1CCCC1)N(Cc1ccccc1Cl)C(=O)CCCN(c1ccccc1F)S(C)(=O)=O. The van der Waals surface area contributed by atoms with Gasteiger partial charge in [0.2, 0.25) is 21.8 Å². The predicted molar refractivity (Wildman–Crippen MR) is 144 cm³/mol. The summed E-state index contributed by atoms with van der Waals surface area (Å²) in [5.41, 5.74) is 0.654. The first-order valence-corrected chi connectivity index (χ1v) is 14.9. The number of rotatable bonds is 12. The lowest BCUT2D eigenvalue weighted by atomic mass is 10.1. The molecule has 2 aromatic rings. The zero-order valence-corrected chi connectivity index (χ0v) is 22.9. The van der Waals surface area contributed by atoms with E-state index in [9.17, 15) is 22.4 Å². The van der Waals surface area contributed by atoms with Crippen LogP contribution in [-0.4, -0.2) is 50.0 Å². The molecule has 0 aromatic heterocycles. The number of anilines is 1. The Kier molecular flexibility index (Phi) is 10.3. The second-order valence-electron chi connectivity index (χ2n) is 9.42. The average Bonchev–Trinajstić information content (AvgIpc) is 3.35. The molecule has 202 valence electrons. The van der Waals surface area contributed by atoms with Crippen molar-refractivity contribution in [2.45, 2.75) is 70.5 Å². The predicted octanol–water partition coefficient (Wildman–Crippen LogP) is 4.89. The van der Waals surface area contributed by atoms with Gasteiger partial charge in [-0.15, -0.1) is 0 Å². The zero-order valence-electron chi connectivity index (χ0n) is 21.3. The van der Waals surface area contributed by atoms with Crippen molar-refractivity contribution >= 4 is 39.1 Å². The van der Waals surface area contributed by atoms with E-state index in [-0.39, 0.29) is 49.5 Å². The zero-order chi connectivity index (χ0) is 27.0. The Morgan fingerprint density at radius 2 is 1.76 bits per heavy atom. The van der Waals surface area contributed by atoms with Gasteiger partial charge in [0.05, 0.1) is 11.9 Å². The first-order valence-electron chi connectivity index (χ1n) is 12.7. The molecule has 2 amide bonds. The molecular formula is C27H35ClFN3O4S. The summed E-state index contributed by atoms with van der Waals surface area (Å²) in [5, 5.41) is 3.59. The van der Waals surface area contributed by atoms with Crippen LogP contribution in [0.15, 0.2) is 48.5 Å². The molecule has 3 rings (SSSR count). The molecule has 0 spiro atoms. The standard InChI is InChI=1S/C27H35ClFN3O4S/c1-3-24(27(34)30-21-12-5-6-13-21)31(19-20-11-4-7-14-22(20)28)26(33)17-10-18-32(37(2,35)36)25-16-9-8-15-23(25)29/h4,7-9,11,14-16,21,24H,3,5-6,10,12-13,17-19H2,1-2H3,(H,30,34)/t24-/m0/s1. The minimum atomic E-state index is -3.77. The number of para-hydroxylation sites is 1. The third-order valence-electron chi connectivity index (χ3n) is 6.66. The van der Waals surface area contributed by atoms with Crippen LogP contribution in [0.2, 0.25) is 5.02 Å². The highest BCUT2D eigenvalue weighted by Crippen LogP contribution is 2.24. The second-order valence-corrected chi connectivity index (χ2v) is 11.7. The van der Waals surface area contributed by atoms with Gasteiger partial charge in [-0.25, -0.2) is 12.8 Å². The van der Waals surface area contributed by atoms with Crippen molar-refractivity contribution in [1.29, 1.82) is 0 Å². The van der Waals surface area contributed by atoms with Gasteiger partial charge >= 0.3 is 0 Å². The molecule has 1 aliphatic rings. The van der Waals surface area contributed by atoms with Crippen LogP contribution >= 0.6 is 11.6 Å². The Morgan fingerprint density at radius 1 is 1.11 bits per heavy atom. The summed E-state index contributed by atoms with van der Waals surface area (Å²) < 4.78 is 40.1. The average molecular weight is 552 g/mol. The van der Waals surface area contributed by atoms with Gasteiger partial charge in [-0.05, 0) is 49.4 Å². The monoisotopic (exact) mass is 551 g/mol. The molecule has 1 fully saturated rings. The fourth-order valence-corrected chi connectivity index (χ4v) is 5.90. The molecule has 0 heterocycles. The summed E-state index contributed by atoms with van der Waals surface area (Å²) in [4.78, 5) is 28.2. The van der Waals surface area contributed by atoms with Crippen LogP contribution in [-0.2, 0) is 26.2 Å². The lowest BCUT2D eigenvalue weighted by Crippen LogP contribution is -2.51. The molecule has 1 N–H and O–H groups in total. The van der Waals surface area contributed by atoms with Crippen LogP contribution < -0.4 is 9.62 Å². The van der Waals surface area contributed by atoms with Gasteiger partial charge in [-0.2, -0.15) is 0 Å². The van der Waals surface area contributed by atoms with Crippen molar-refractivity contribution in [2.75, 3.05) is 17.1 Å². The number of hydrogen-bond donors (Lipinski definition) is 1. The molecule has 0 radical (unpaired) electrons. The van der Waals surface area contributed by atoms with E-state index >= 15 is 0 Å². The number of sulfonamides is 1. The van der Waals surface area contributed by atoms with Crippen molar-refractivity contribution in [3.63, 3.8) is 0 Å². The molecular weight excluding hydrogens is 517 g/mol. The van der Waals surface area contributed by atoms with Gasteiger partial charge in [0.15, 0.2) is 0 Å². The fourth-order valence-electron chi connectivity index (χ4n) is 4.73.